The number of methoxy groups -OCH3 is 1. The topological polar surface area (TPSA) is 60.4 Å². The number of hydrogen-bond donors (Lipinski definition) is 2. The lowest BCUT2D eigenvalue weighted by Gasteiger charge is -2.15. The summed E-state index contributed by atoms with van der Waals surface area (Å²) >= 11 is 3.45. The van der Waals surface area contributed by atoms with Crippen molar-refractivity contribution in [2.24, 2.45) is 5.84 Å². The summed E-state index contributed by atoms with van der Waals surface area (Å²) < 4.78 is 11.1. The van der Waals surface area contributed by atoms with Gasteiger partial charge in [0.25, 0.3) is 0 Å². The van der Waals surface area contributed by atoms with Crippen molar-refractivity contribution < 1.29 is 9.15 Å². The van der Waals surface area contributed by atoms with Crippen LogP contribution < -0.4 is 16.0 Å². The fourth-order valence-electron chi connectivity index (χ4n) is 1.69. The first-order chi connectivity index (χ1) is 8.26. The highest BCUT2D eigenvalue weighted by Crippen LogP contribution is 2.30. The Bertz CT molecular complexity index is 485. The molecule has 0 aliphatic rings. The van der Waals surface area contributed by atoms with Crippen molar-refractivity contribution in [2.45, 2.75) is 6.04 Å². The normalized spacial score (nSPS) is 12.4. The third-order valence-corrected chi connectivity index (χ3v) is 3.17. The van der Waals surface area contributed by atoms with Crippen LogP contribution in [0.5, 0.6) is 5.75 Å². The maximum Gasteiger partial charge on any atom is 0.133 e. The highest BCUT2D eigenvalue weighted by molar-refractivity contribution is 9.10. The lowest BCUT2D eigenvalue weighted by atomic mass is 10.0. The second-order valence-electron chi connectivity index (χ2n) is 3.55. The minimum atomic E-state index is -0.101. The molecule has 0 amide bonds. The first kappa shape index (κ1) is 12.2. The molecule has 4 nitrogen and oxygen atoms in total. The van der Waals surface area contributed by atoms with Gasteiger partial charge in [0.05, 0.1) is 30.2 Å². The van der Waals surface area contributed by atoms with Gasteiger partial charge in [-0.3, -0.25) is 5.84 Å². The molecular formula is C12H13BrN2O2. The van der Waals surface area contributed by atoms with Gasteiger partial charge in [-0.05, 0) is 39.7 Å². The molecule has 0 radical (unpaired) electrons. The predicted molar refractivity (Wildman–Crippen MR) is 68.6 cm³/mol. The van der Waals surface area contributed by atoms with Gasteiger partial charge in [0.1, 0.15) is 5.75 Å². The number of nitrogens with two attached hydrogens (primary N) is 1. The fraction of sp³-hybridized carbons (Fsp3) is 0.167. The van der Waals surface area contributed by atoms with Gasteiger partial charge in [0.2, 0.25) is 0 Å². The molecule has 1 aromatic heterocycles. The first-order valence-electron chi connectivity index (χ1n) is 5.08. The van der Waals surface area contributed by atoms with Crippen molar-refractivity contribution in [3.05, 3.63) is 52.4 Å². The predicted octanol–water partition coefficient (Wildman–Crippen LogP) is 2.60. The zero-order chi connectivity index (χ0) is 12.3. The molecule has 0 spiro atoms. The molecule has 90 valence electrons. The highest BCUT2D eigenvalue weighted by Gasteiger charge is 2.14. The summed E-state index contributed by atoms with van der Waals surface area (Å²) in [6, 6.07) is 7.60. The summed E-state index contributed by atoms with van der Waals surface area (Å²) in [6.45, 7) is 0. The molecule has 17 heavy (non-hydrogen) atoms. The lowest BCUT2D eigenvalue weighted by Crippen LogP contribution is -2.28. The third kappa shape index (κ3) is 2.52. The Morgan fingerprint density at radius 1 is 1.35 bits per heavy atom. The Kier molecular flexibility index (Phi) is 3.83. The number of hydrogen-bond acceptors (Lipinski definition) is 4. The van der Waals surface area contributed by atoms with Gasteiger partial charge in [0.15, 0.2) is 0 Å². The SMILES string of the molecule is COc1ccc(C(NN)c2ccoc2)cc1Br. The van der Waals surface area contributed by atoms with Gasteiger partial charge in [-0.1, -0.05) is 6.07 Å². The molecule has 0 saturated heterocycles. The van der Waals surface area contributed by atoms with E-state index in [-0.39, 0.29) is 6.04 Å². The van der Waals surface area contributed by atoms with Gasteiger partial charge in [0, 0.05) is 5.56 Å². The molecule has 1 aromatic carbocycles. The van der Waals surface area contributed by atoms with Crippen molar-refractivity contribution in [1.82, 2.24) is 5.43 Å². The second kappa shape index (κ2) is 5.35. The van der Waals surface area contributed by atoms with E-state index in [4.69, 9.17) is 15.0 Å². The number of benzene rings is 1. The van der Waals surface area contributed by atoms with Crippen LogP contribution in [0, 0.1) is 0 Å². The maximum absolute atomic E-state index is 5.58. The van der Waals surface area contributed by atoms with Gasteiger partial charge < -0.3 is 9.15 Å². The van der Waals surface area contributed by atoms with E-state index in [2.05, 4.69) is 21.4 Å². The Hall–Kier alpha value is -1.30. The molecule has 3 N–H and O–H groups in total. The van der Waals surface area contributed by atoms with Crippen molar-refractivity contribution in [1.29, 1.82) is 0 Å². The Morgan fingerprint density at radius 3 is 2.71 bits per heavy atom. The standard InChI is InChI=1S/C12H13BrN2O2/c1-16-11-3-2-8(6-10(11)13)12(15-14)9-4-5-17-7-9/h2-7,12,15H,14H2,1H3. The van der Waals surface area contributed by atoms with Crippen LogP contribution in [-0.2, 0) is 0 Å². The quantitative estimate of drug-likeness (QED) is 0.672. The highest BCUT2D eigenvalue weighted by atomic mass is 79.9. The van der Waals surface area contributed by atoms with Gasteiger partial charge in [-0.25, -0.2) is 5.43 Å². The van der Waals surface area contributed by atoms with Crippen LogP contribution in [0.1, 0.15) is 17.2 Å². The summed E-state index contributed by atoms with van der Waals surface area (Å²) in [6.07, 6.45) is 3.29. The summed E-state index contributed by atoms with van der Waals surface area (Å²) in [5.74, 6) is 6.37. The summed E-state index contributed by atoms with van der Waals surface area (Å²) in [4.78, 5) is 0. The van der Waals surface area contributed by atoms with Gasteiger partial charge >= 0.3 is 0 Å². The smallest absolute Gasteiger partial charge is 0.133 e. The van der Waals surface area contributed by atoms with Crippen LogP contribution in [0.4, 0.5) is 0 Å². The van der Waals surface area contributed by atoms with Crippen molar-refractivity contribution in [2.75, 3.05) is 7.11 Å². The zero-order valence-corrected chi connectivity index (χ0v) is 10.9. The van der Waals surface area contributed by atoms with Gasteiger partial charge in [-0.15, -0.1) is 0 Å². The molecular weight excluding hydrogens is 284 g/mol. The van der Waals surface area contributed by atoms with E-state index >= 15 is 0 Å². The third-order valence-electron chi connectivity index (χ3n) is 2.55. The van der Waals surface area contributed by atoms with Crippen LogP contribution in [0.25, 0.3) is 0 Å². The number of rotatable bonds is 4. The summed E-state index contributed by atoms with van der Waals surface area (Å²) in [5.41, 5.74) is 4.77. The lowest BCUT2D eigenvalue weighted by molar-refractivity contribution is 0.411. The Labute approximate surface area is 108 Å². The molecule has 1 atom stereocenters. The van der Waals surface area contributed by atoms with E-state index in [1.54, 1.807) is 19.6 Å². The number of ether oxygens (including phenoxy) is 1. The number of furan rings is 1. The molecule has 0 bridgehead atoms. The van der Waals surface area contributed by atoms with Crippen LogP contribution >= 0.6 is 15.9 Å². The van der Waals surface area contributed by atoms with Crippen LogP contribution in [0.3, 0.4) is 0 Å². The molecule has 0 aliphatic carbocycles. The van der Waals surface area contributed by atoms with Gasteiger partial charge in [-0.2, -0.15) is 0 Å². The van der Waals surface area contributed by atoms with E-state index in [1.165, 1.54) is 0 Å². The van der Waals surface area contributed by atoms with Crippen LogP contribution in [-0.4, -0.2) is 7.11 Å². The number of halogens is 1. The second-order valence-corrected chi connectivity index (χ2v) is 4.40. The summed E-state index contributed by atoms with van der Waals surface area (Å²) in [7, 11) is 1.63. The largest absolute Gasteiger partial charge is 0.496 e. The monoisotopic (exact) mass is 296 g/mol. The average molecular weight is 297 g/mol. The van der Waals surface area contributed by atoms with Crippen molar-refractivity contribution >= 4 is 15.9 Å². The minimum absolute atomic E-state index is 0.101. The van der Waals surface area contributed by atoms with Crippen molar-refractivity contribution in [3.63, 3.8) is 0 Å². The van der Waals surface area contributed by atoms with E-state index in [0.717, 1.165) is 21.3 Å². The molecule has 2 rings (SSSR count). The van der Waals surface area contributed by atoms with E-state index < -0.39 is 0 Å². The molecule has 0 fully saturated rings. The Morgan fingerprint density at radius 2 is 2.18 bits per heavy atom. The molecule has 0 aliphatic heterocycles. The minimum Gasteiger partial charge on any atom is -0.496 e. The van der Waals surface area contributed by atoms with E-state index in [9.17, 15) is 0 Å². The molecule has 0 saturated carbocycles. The molecule has 1 heterocycles. The molecule has 5 heteroatoms. The molecule has 1 unspecified atom stereocenters. The first-order valence-corrected chi connectivity index (χ1v) is 5.87. The van der Waals surface area contributed by atoms with Crippen LogP contribution in [0.15, 0.2) is 45.7 Å². The zero-order valence-electron chi connectivity index (χ0n) is 9.31. The summed E-state index contributed by atoms with van der Waals surface area (Å²) in [5, 5.41) is 0. The van der Waals surface area contributed by atoms with Crippen LogP contribution in [0.2, 0.25) is 0 Å². The number of hydrazine groups is 1. The van der Waals surface area contributed by atoms with E-state index in [0.29, 0.717) is 0 Å². The Balaban J connectivity index is 2.35. The average Bonchev–Trinajstić information content (AvgIpc) is 2.84. The maximum atomic E-state index is 5.58. The molecule has 2 aromatic rings. The number of nitrogens with one attached hydrogen (secondary N) is 1. The van der Waals surface area contributed by atoms with Crippen molar-refractivity contribution in [3.8, 4) is 5.75 Å². The fourth-order valence-corrected chi connectivity index (χ4v) is 2.24. The van der Waals surface area contributed by atoms with E-state index in [1.807, 2.05) is 24.3 Å².